The quantitative estimate of drug-likeness (QED) is 0.471. The van der Waals surface area contributed by atoms with E-state index in [4.69, 9.17) is 9.47 Å². The van der Waals surface area contributed by atoms with Gasteiger partial charge in [0, 0.05) is 32.0 Å². The molecule has 7 heteroatoms. The molecule has 1 saturated heterocycles. The monoisotopic (exact) mass is 321 g/mol. The molecule has 0 N–H and O–H groups in total. The minimum absolute atomic E-state index is 0.0666. The predicted octanol–water partition coefficient (Wildman–Crippen LogP) is 3.12. The number of aromatic nitrogens is 1. The van der Waals surface area contributed by atoms with Crippen LogP contribution in [0.15, 0.2) is 30.8 Å². The number of ether oxygens (including phenoxy) is 2. The molecule has 1 aromatic rings. The van der Waals surface area contributed by atoms with Gasteiger partial charge in [0.2, 0.25) is 0 Å². The van der Waals surface area contributed by atoms with Crippen LogP contribution in [0.2, 0.25) is 0 Å². The molecule has 7 nitrogen and oxygen atoms in total. The third-order valence-electron chi connectivity index (χ3n) is 3.43. The standard InChI is InChI=1S/C16H23N3O4/c1-12(23-16(2,3)4)18-9-7-13(8-10-18)22-14-5-6-15(17-11-14)19(20)21/h5-6,11,13H,1,7-10H2,2-4H3. The maximum atomic E-state index is 10.6. The Labute approximate surface area is 136 Å². The first-order valence-electron chi connectivity index (χ1n) is 7.64. The molecule has 0 saturated carbocycles. The van der Waals surface area contributed by atoms with Crippen LogP contribution < -0.4 is 4.74 Å². The average molecular weight is 321 g/mol. The first-order valence-corrected chi connectivity index (χ1v) is 7.64. The van der Waals surface area contributed by atoms with Crippen molar-refractivity contribution in [1.29, 1.82) is 0 Å². The van der Waals surface area contributed by atoms with Crippen LogP contribution in [-0.4, -0.2) is 39.6 Å². The molecule has 1 fully saturated rings. The van der Waals surface area contributed by atoms with Crippen LogP contribution in [0.25, 0.3) is 0 Å². The highest BCUT2D eigenvalue weighted by molar-refractivity contribution is 5.27. The summed E-state index contributed by atoms with van der Waals surface area (Å²) in [5, 5.41) is 10.6. The van der Waals surface area contributed by atoms with Crippen LogP contribution in [0.1, 0.15) is 33.6 Å². The molecule has 1 aliphatic rings. The van der Waals surface area contributed by atoms with E-state index >= 15 is 0 Å². The lowest BCUT2D eigenvalue weighted by molar-refractivity contribution is -0.389. The van der Waals surface area contributed by atoms with Crippen LogP contribution in [0.3, 0.4) is 0 Å². The molecule has 2 heterocycles. The fourth-order valence-corrected chi connectivity index (χ4v) is 2.38. The summed E-state index contributed by atoms with van der Waals surface area (Å²) in [7, 11) is 0. The molecule has 0 unspecified atom stereocenters. The molecule has 23 heavy (non-hydrogen) atoms. The van der Waals surface area contributed by atoms with Gasteiger partial charge in [-0.15, -0.1) is 0 Å². The van der Waals surface area contributed by atoms with Crippen LogP contribution in [0, 0.1) is 10.1 Å². The number of hydrogen-bond donors (Lipinski definition) is 0. The lowest BCUT2D eigenvalue weighted by atomic mass is 10.1. The van der Waals surface area contributed by atoms with Gasteiger partial charge in [0.25, 0.3) is 0 Å². The maximum absolute atomic E-state index is 10.6. The number of likely N-dealkylation sites (tertiary alicyclic amines) is 1. The van der Waals surface area contributed by atoms with Gasteiger partial charge in [-0.3, -0.25) is 0 Å². The van der Waals surface area contributed by atoms with E-state index in [0.29, 0.717) is 11.6 Å². The first-order chi connectivity index (χ1) is 10.7. The molecule has 126 valence electrons. The van der Waals surface area contributed by atoms with Crippen LogP contribution in [0.5, 0.6) is 5.75 Å². The molecular weight excluding hydrogens is 298 g/mol. The second kappa shape index (κ2) is 6.85. The summed E-state index contributed by atoms with van der Waals surface area (Å²) in [6.45, 7) is 11.6. The molecule has 1 aliphatic heterocycles. The van der Waals surface area contributed by atoms with Gasteiger partial charge in [-0.25, -0.2) is 0 Å². The van der Waals surface area contributed by atoms with Gasteiger partial charge in [-0.1, -0.05) is 0 Å². The Balaban J connectivity index is 1.82. The summed E-state index contributed by atoms with van der Waals surface area (Å²) in [6.07, 6.45) is 3.14. The lowest BCUT2D eigenvalue weighted by Crippen LogP contribution is -2.39. The zero-order chi connectivity index (χ0) is 17.0. The fourth-order valence-electron chi connectivity index (χ4n) is 2.38. The molecule has 0 aromatic carbocycles. The summed E-state index contributed by atoms with van der Waals surface area (Å²) >= 11 is 0. The first kappa shape index (κ1) is 17.1. The molecule has 0 bridgehead atoms. The number of hydrogen-bond acceptors (Lipinski definition) is 6. The van der Waals surface area contributed by atoms with Gasteiger partial charge in [-0.2, -0.15) is 0 Å². The van der Waals surface area contributed by atoms with Gasteiger partial charge < -0.3 is 24.5 Å². The molecular formula is C16H23N3O4. The Hall–Kier alpha value is -2.31. The fraction of sp³-hybridized carbons (Fsp3) is 0.562. The second-order valence-electron chi connectivity index (χ2n) is 6.52. The van der Waals surface area contributed by atoms with Crippen LogP contribution in [0.4, 0.5) is 5.82 Å². The molecule has 0 atom stereocenters. The zero-order valence-electron chi connectivity index (χ0n) is 13.8. The number of rotatable bonds is 5. The van der Waals surface area contributed by atoms with Gasteiger partial charge in [0.05, 0.1) is 0 Å². The normalized spacial score (nSPS) is 16.0. The summed E-state index contributed by atoms with van der Waals surface area (Å²) in [5.41, 5.74) is -0.255. The Morgan fingerprint density at radius 2 is 2.04 bits per heavy atom. The largest absolute Gasteiger partial charge is 0.486 e. The second-order valence-corrected chi connectivity index (χ2v) is 6.52. The Bertz CT molecular complexity index is 558. The summed E-state index contributed by atoms with van der Waals surface area (Å²) in [5.74, 6) is 1.06. The lowest BCUT2D eigenvalue weighted by Gasteiger charge is -2.36. The third kappa shape index (κ3) is 5.12. The Morgan fingerprint density at radius 1 is 1.39 bits per heavy atom. The molecule has 0 radical (unpaired) electrons. The zero-order valence-corrected chi connectivity index (χ0v) is 13.8. The van der Waals surface area contributed by atoms with Crippen molar-refractivity contribution in [2.45, 2.75) is 45.3 Å². The van der Waals surface area contributed by atoms with Crippen molar-refractivity contribution >= 4 is 5.82 Å². The number of nitrogens with zero attached hydrogens (tertiary/aromatic N) is 3. The highest BCUT2D eigenvalue weighted by Crippen LogP contribution is 2.23. The van der Waals surface area contributed by atoms with Crippen molar-refractivity contribution in [2.75, 3.05) is 13.1 Å². The van der Waals surface area contributed by atoms with E-state index in [0.717, 1.165) is 25.9 Å². The SMILES string of the molecule is C=C(OC(C)(C)C)N1CCC(Oc2ccc([N+](=O)[O-])nc2)CC1. The molecule has 1 aromatic heterocycles. The van der Waals surface area contributed by atoms with Crippen molar-refractivity contribution < 1.29 is 14.4 Å². The number of piperidine rings is 1. The molecule has 0 aliphatic carbocycles. The molecule has 2 rings (SSSR count). The predicted molar refractivity (Wildman–Crippen MR) is 86.1 cm³/mol. The van der Waals surface area contributed by atoms with E-state index in [1.807, 2.05) is 20.8 Å². The Kier molecular flexibility index (Phi) is 5.08. The van der Waals surface area contributed by atoms with E-state index in [2.05, 4.69) is 16.5 Å². The van der Waals surface area contributed by atoms with Crippen molar-refractivity contribution in [3.63, 3.8) is 0 Å². The third-order valence-corrected chi connectivity index (χ3v) is 3.43. The van der Waals surface area contributed by atoms with Crippen LogP contribution >= 0.6 is 0 Å². The van der Waals surface area contributed by atoms with Crippen molar-refractivity contribution in [3.05, 3.63) is 40.9 Å². The topological polar surface area (TPSA) is 77.7 Å². The molecule has 0 spiro atoms. The number of pyridine rings is 1. The van der Waals surface area contributed by atoms with Gasteiger partial charge in [0.1, 0.15) is 11.7 Å². The van der Waals surface area contributed by atoms with Gasteiger partial charge in [-0.05, 0) is 43.3 Å². The summed E-state index contributed by atoms with van der Waals surface area (Å²) in [4.78, 5) is 15.9. The maximum Gasteiger partial charge on any atom is 0.363 e. The van der Waals surface area contributed by atoms with Crippen LogP contribution in [-0.2, 0) is 4.74 Å². The number of nitro groups is 1. The van der Waals surface area contributed by atoms with E-state index < -0.39 is 4.92 Å². The van der Waals surface area contributed by atoms with E-state index in [-0.39, 0.29) is 17.5 Å². The summed E-state index contributed by atoms with van der Waals surface area (Å²) in [6, 6.07) is 2.93. The summed E-state index contributed by atoms with van der Waals surface area (Å²) < 4.78 is 11.6. The van der Waals surface area contributed by atoms with E-state index in [1.54, 1.807) is 6.07 Å². The van der Waals surface area contributed by atoms with Crippen molar-refractivity contribution in [2.24, 2.45) is 0 Å². The average Bonchev–Trinajstić information content (AvgIpc) is 2.46. The van der Waals surface area contributed by atoms with Crippen molar-refractivity contribution in [1.82, 2.24) is 9.88 Å². The van der Waals surface area contributed by atoms with Gasteiger partial charge in [0.15, 0.2) is 17.8 Å². The van der Waals surface area contributed by atoms with E-state index in [9.17, 15) is 10.1 Å². The Morgan fingerprint density at radius 3 is 2.52 bits per heavy atom. The highest BCUT2D eigenvalue weighted by Gasteiger charge is 2.24. The highest BCUT2D eigenvalue weighted by atomic mass is 16.6. The van der Waals surface area contributed by atoms with Crippen molar-refractivity contribution in [3.8, 4) is 5.75 Å². The smallest absolute Gasteiger partial charge is 0.363 e. The minimum Gasteiger partial charge on any atom is -0.486 e. The van der Waals surface area contributed by atoms with Gasteiger partial charge >= 0.3 is 5.82 Å². The minimum atomic E-state index is -0.525. The van der Waals surface area contributed by atoms with E-state index in [1.165, 1.54) is 12.3 Å². The molecule has 0 amide bonds.